The van der Waals surface area contributed by atoms with Crippen molar-refractivity contribution in [3.8, 4) is 0 Å². The van der Waals surface area contributed by atoms with E-state index in [-0.39, 0.29) is 23.5 Å². The maximum atomic E-state index is 13.3. The van der Waals surface area contributed by atoms with Crippen LogP contribution in [0.4, 0.5) is 4.79 Å². The van der Waals surface area contributed by atoms with E-state index in [0.717, 1.165) is 28.4 Å². The van der Waals surface area contributed by atoms with Gasteiger partial charge in [-0.15, -0.1) is 23.5 Å². The maximum Gasteiger partial charge on any atom is 0.413 e. The lowest BCUT2D eigenvalue weighted by Crippen LogP contribution is -2.56. The van der Waals surface area contributed by atoms with Crippen LogP contribution in [-0.4, -0.2) is 52.3 Å². The molecule has 1 aromatic carbocycles. The summed E-state index contributed by atoms with van der Waals surface area (Å²) >= 11 is 1.85. The first-order valence-corrected chi connectivity index (χ1v) is 13.9. The molecule has 0 radical (unpaired) electrons. The Kier molecular flexibility index (Phi) is 11.6. The monoisotopic (exact) mass is 507 g/mol. The van der Waals surface area contributed by atoms with Crippen LogP contribution in [0.3, 0.4) is 0 Å². The van der Waals surface area contributed by atoms with Crippen molar-refractivity contribution in [3.63, 3.8) is 0 Å². The number of thioether (sulfide) groups is 2. The van der Waals surface area contributed by atoms with Crippen molar-refractivity contribution >= 4 is 43.2 Å². The van der Waals surface area contributed by atoms with Crippen molar-refractivity contribution in [1.29, 1.82) is 0 Å². The van der Waals surface area contributed by atoms with Crippen LogP contribution in [0.25, 0.3) is 0 Å². The van der Waals surface area contributed by atoms with Crippen LogP contribution in [0.2, 0.25) is 0 Å². The first-order valence-electron chi connectivity index (χ1n) is 10.6. The summed E-state index contributed by atoms with van der Waals surface area (Å²) in [6, 6.07) is 7.35. The number of hydrogen-bond acceptors (Lipinski definition) is 6. The van der Waals surface area contributed by atoms with Gasteiger partial charge < -0.3 is 19.6 Å². The molecule has 0 heterocycles. The molecule has 0 saturated heterocycles. The highest BCUT2D eigenvalue weighted by Crippen LogP contribution is 2.67. The number of carboxylic acid groups (broad SMARTS) is 1. The molecular formula is C21H34NO7PS2. The summed E-state index contributed by atoms with van der Waals surface area (Å²) in [5, 5.41) is 9.36. The summed E-state index contributed by atoms with van der Waals surface area (Å²) in [7, 11) is -5.07. The molecule has 1 aromatic rings. The number of carbonyl (C=O) groups is 2. The summed E-state index contributed by atoms with van der Waals surface area (Å²) in [5.74, 6) is -1.35. The number of hydrogen-bond donors (Lipinski definition) is 3. The van der Waals surface area contributed by atoms with E-state index in [1.54, 1.807) is 51.1 Å². The minimum Gasteiger partial charge on any atom is -0.480 e. The fourth-order valence-corrected chi connectivity index (χ4v) is 8.71. The zero-order valence-corrected chi connectivity index (χ0v) is 21.7. The van der Waals surface area contributed by atoms with Crippen LogP contribution in [0.1, 0.15) is 59.4 Å². The molecule has 3 N–H and O–H groups in total. The highest BCUT2D eigenvalue weighted by molar-refractivity contribution is 8.25. The Morgan fingerprint density at radius 2 is 1.53 bits per heavy atom. The highest BCUT2D eigenvalue weighted by Gasteiger charge is 2.60. The zero-order valence-electron chi connectivity index (χ0n) is 19.1. The number of rotatable bonds is 13. The van der Waals surface area contributed by atoms with Gasteiger partial charge in [0, 0.05) is 10.5 Å². The van der Waals surface area contributed by atoms with Crippen molar-refractivity contribution < 1.29 is 33.8 Å². The Morgan fingerprint density at radius 3 is 1.91 bits per heavy atom. The van der Waals surface area contributed by atoms with E-state index >= 15 is 0 Å². The van der Waals surface area contributed by atoms with Crippen molar-refractivity contribution in [1.82, 2.24) is 4.90 Å². The van der Waals surface area contributed by atoms with Gasteiger partial charge in [-0.1, -0.05) is 65.0 Å². The SMILES string of the molecule is CCC(C)SC(SC(C)CC)(N(C(=O)OCc1ccccc1)C(CC)C(=O)O)P(=O)(O)O. The van der Waals surface area contributed by atoms with Crippen LogP contribution in [0.5, 0.6) is 0 Å². The Bertz CT molecular complexity index is 778. The minimum absolute atomic E-state index is 0.0420. The van der Waals surface area contributed by atoms with Gasteiger partial charge in [0.15, 0.2) is 0 Å². The topological polar surface area (TPSA) is 124 Å². The number of ether oxygens (including phenoxy) is 1. The van der Waals surface area contributed by atoms with E-state index in [1.165, 1.54) is 0 Å². The number of aliphatic carboxylic acids is 1. The predicted octanol–water partition coefficient (Wildman–Crippen LogP) is 5.34. The molecule has 0 aliphatic heterocycles. The third-order valence-electron chi connectivity index (χ3n) is 4.92. The average molecular weight is 508 g/mol. The maximum absolute atomic E-state index is 13.3. The van der Waals surface area contributed by atoms with Crippen molar-refractivity contribution in [3.05, 3.63) is 35.9 Å². The van der Waals surface area contributed by atoms with Gasteiger partial charge in [-0.25, -0.2) is 9.59 Å². The molecule has 0 aliphatic carbocycles. The lowest BCUT2D eigenvalue weighted by atomic mass is 10.2. The van der Waals surface area contributed by atoms with E-state index in [4.69, 9.17) is 4.74 Å². The van der Waals surface area contributed by atoms with Crippen molar-refractivity contribution in [2.75, 3.05) is 0 Å². The molecule has 1 amide bonds. The van der Waals surface area contributed by atoms with Gasteiger partial charge in [0.2, 0.25) is 3.94 Å². The Morgan fingerprint density at radius 1 is 1.03 bits per heavy atom. The molecule has 1 rings (SSSR count). The van der Waals surface area contributed by atoms with Crippen LogP contribution >= 0.6 is 31.1 Å². The van der Waals surface area contributed by atoms with Gasteiger partial charge in [-0.3, -0.25) is 9.46 Å². The summed E-state index contributed by atoms with van der Waals surface area (Å²) in [5.41, 5.74) is 0.676. The lowest BCUT2D eigenvalue weighted by Gasteiger charge is -2.46. The van der Waals surface area contributed by atoms with Crippen LogP contribution in [0, 0.1) is 0 Å². The molecular weight excluding hydrogens is 473 g/mol. The first kappa shape index (κ1) is 28.8. The fraction of sp³-hybridized carbons (Fsp3) is 0.619. The Balaban J connectivity index is 3.60. The molecule has 0 aliphatic rings. The van der Waals surface area contributed by atoms with Crippen molar-refractivity contribution in [2.24, 2.45) is 0 Å². The van der Waals surface area contributed by atoms with Gasteiger partial charge in [0.05, 0.1) is 0 Å². The van der Waals surface area contributed by atoms with E-state index < -0.39 is 29.6 Å². The quantitative estimate of drug-likeness (QED) is 0.240. The first-order chi connectivity index (χ1) is 14.9. The van der Waals surface area contributed by atoms with E-state index in [9.17, 15) is 29.0 Å². The number of carboxylic acids is 1. The normalized spacial score (nSPS) is 16.5. The number of amides is 1. The second kappa shape index (κ2) is 12.9. The standard InChI is InChI=1S/C21H34NO7PS2/c1-6-15(4)31-21(30(26,27)28,32-16(5)7-2)22(18(8-3)19(23)24)20(25)29-14-17-12-10-9-11-13-17/h9-13,15-16,18H,6-8,14H2,1-5H3,(H,23,24)(H2,26,27,28). The van der Waals surface area contributed by atoms with Crippen LogP contribution in [-0.2, 0) is 20.7 Å². The van der Waals surface area contributed by atoms with Gasteiger partial charge >= 0.3 is 19.7 Å². The summed E-state index contributed by atoms with van der Waals surface area (Å²) in [4.78, 5) is 47.4. The largest absolute Gasteiger partial charge is 0.480 e. The molecule has 0 spiro atoms. The Labute approximate surface area is 198 Å². The smallest absolute Gasteiger partial charge is 0.413 e. The van der Waals surface area contributed by atoms with Crippen LogP contribution in [0.15, 0.2) is 30.3 Å². The molecule has 11 heteroatoms. The summed E-state index contributed by atoms with van der Waals surface area (Å²) in [6.07, 6.45) is 0.0340. The summed E-state index contributed by atoms with van der Waals surface area (Å²) in [6.45, 7) is 8.72. The Hall–Kier alpha value is -1.19. The molecule has 8 nitrogen and oxygen atoms in total. The molecule has 3 unspecified atom stereocenters. The molecule has 3 atom stereocenters. The number of benzene rings is 1. The third-order valence-corrected chi connectivity index (χ3v) is 11.0. The van der Waals surface area contributed by atoms with Gasteiger partial charge in [0.25, 0.3) is 0 Å². The van der Waals surface area contributed by atoms with E-state index in [0.29, 0.717) is 18.4 Å². The number of carbonyl (C=O) groups excluding carboxylic acids is 1. The fourth-order valence-electron chi connectivity index (χ4n) is 2.81. The highest BCUT2D eigenvalue weighted by atomic mass is 32.2. The lowest BCUT2D eigenvalue weighted by molar-refractivity contribution is -0.143. The molecule has 0 bridgehead atoms. The summed E-state index contributed by atoms with van der Waals surface area (Å²) < 4.78 is 16.3. The molecule has 0 fully saturated rings. The minimum atomic E-state index is -5.07. The van der Waals surface area contributed by atoms with Gasteiger partial charge in [-0.2, -0.15) is 0 Å². The zero-order chi connectivity index (χ0) is 24.5. The second-order valence-electron chi connectivity index (χ2n) is 7.44. The predicted molar refractivity (Wildman–Crippen MR) is 130 cm³/mol. The molecule has 0 aromatic heterocycles. The molecule has 0 saturated carbocycles. The van der Waals surface area contributed by atoms with Crippen molar-refractivity contribution in [2.45, 2.75) is 81.0 Å². The molecule has 182 valence electrons. The van der Waals surface area contributed by atoms with E-state index in [1.807, 2.05) is 13.8 Å². The van der Waals surface area contributed by atoms with E-state index in [2.05, 4.69) is 0 Å². The van der Waals surface area contributed by atoms with Gasteiger partial charge in [0.1, 0.15) is 12.6 Å². The molecule has 32 heavy (non-hydrogen) atoms. The average Bonchev–Trinajstić information content (AvgIpc) is 2.74. The van der Waals surface area contributed by atoms with Gasteiger partial charge in [-0.05, 0) is 24.8 Å². The second-order valence-corrected chi connectivity index (χ2v) is 13.3. The third kappa shape index (κ3) is 7.42. The van der Waals surface area contributed by atoms with Crippen LogP contribution < -0.4 is 0 Å². The number of nitrogens with zero attached hydrogens (tertiary/aromatic N) is 1.